The summed E-state index contributed by atoms with van der Waals surface area (Å²) in [6.45, 7) is 0.776. The van der Waals surface area contributed by atoms with Gasteiger partial charge in [0.15, 0.2) is 0 Å². The molecule has 1 aromatic heterocycles. The number of unbranched alkanes of at least 4 members (excludes halogenated alkanes) is 1. The predicted molar refractivity (Wildman–Crippen MR) is 110 cm³/mol. The molecule has 0 saturated carbocycles. The summed E-state index contributed by atoms with van der Waals surface area (Å²) >= 11 is 0. The molecule has 1 aromatic carbocycles. The summed E-state index contributed by atoms with van der Waals surface area (Å²) in [6, 6.07) is 11.6. The van der Waals surface area contributed by atoms with E-state index in [0.29, 0.717) is 12.8 Å². The molecule has 1 atom stereocenters. The van der Waals surface area contributed by atoms with Crippen LogP contribution in [0.1, 0.15) is 42.1 Å². The van der Waals surface area contributed by atoms with Gasteiger partial charge in [0.05, 0.1) is 6.42 Å². The molecule has 5 nitrogen and oxygen atoms in total. The Bertz CT molecular complexity index is 803. The number of benzene rings is 1. The molecule has 2 heterocycles. The van der Waals surface area contributed by atoms with Crippen molar-refractivity contribution >= 4 is 20.1 Å². The Morgan fingerprint density at radius 1 is 1.14 bits per heavy atom. The van der Waals surface area contributed by atoms with Gasteiger partial charge in [0.2, 0.25) is 0 Å². The van der Waals surface area contributed by atoms with Crippen LogP contribution < -0.4 is 5.32 Å². The third-order valence-corrected chi connectivity index (χ3v) is 6.01. The second-order valence-corrected chi connectivity index (χ2v) is 8.16. The summed E-state index contributed by atoms with van der Waals surface area (Å²) in [5, 5.41) is 14.1. The van der Waals surface area contributed by atoms with Crippen LogP contribution in [0.5, 0.6) is 5.75 Å². The van der Waals surface area contributed by atoms with E-state index in [1.54, 1.807) is 6.07 Å². The molecule has 1 saturated heterocycles. The Labute approximate surface area is 167 Å². The van der Waals surface area contributed by atoms with Crippen molar-refractivity contribution in [3.05, 3.63) is 58.6 Å². The van der Waals surface area contributed by atoms with Crippen molar-refractivity contribution in [1.29, 1.82) is 0 Å². The van der Waals surface area contributed by atoms with Crippen molar-refractivity contribution in [2.45, 2.75) is 51.0 Å². The van der Waals surface area contributed by atoms with Crippen molar-refractivity contribution in [1.82, 2.24) is 5.32 Å². The maximum absolute atomic E-state index is 12.2. The molecule has 0 unspecified atom stereocenters. The SMILES string of the molecule is O=C(Cc1pccc(O)c1CCCCc1ccccc1)OC(=O)[C@@H]1CCCN1. The Hall–Kier alpha value is -2.23. The van der Waals surface area contributed by atoms with E-state index in [9.17, 15) is 14.7 Å². The fraction of sp³-hybridized carbons (Fsp3) is 0.409. The number of carbonyl (C=O) groups excluding carboxylic acids is 2. The second-order valence-electron chi connectivity index (χ2n) is 7.07. The smallest absolute Gasteiger partial charge is 0.330 e. The van der Waals surface area contributed by atoms with Gasteiger partial charge in [0.25, 0.3) is 0 Å². The number of aryl methyl sites for hydroxylation is 1. The summed E-state index contributed by atoms with van der Waals surface area (Å²) in [4.78, 5) is 24.2. The number of nitrogens with one attached hydrogen (secondary N) is 1. The van der Waals surface area contributed by atoms with Crippen LogP contribution in [0, 0.1) is 0 Å². The molecule has 1 aliphatic heterocycles. The summed E-state index contributed by atoms with van der Waals surface area (Å²) in [6.07, 6.45) is 5.27. The molecular weight excluding hydrogens is 373 g/mol. The lowest BCUT2D eigenvalue weighted by molar-refractivity contribution is -0.160. The molecule has 0 radical (unpaired) electrons. The lowest BCUT2D eigenvalue weighted by Gasteiger charge is -2.12. The first-order chi connectivity index (χ1) is 13.6. The number of hydrogen-bond donors (Lipinski definition) is 2. The molecule has 148 valence electrons. The average molecular weight is 399 g/mol. The molecule has 6 heteroatoms. The summed E-state index contributed by atoms with van der Waals surface area (Å²) in [7, 11) is 0.869. The van der Waals surface area contributed by atoms with E-state index in [1.165, 1.54) is 5.56 Å². The highest BCUT2D eigenvalue weighted by Gasteiger charge is 2.26. The van der Waals surface area contributed by atoms with E-state index in [2.05, 4.69) is 17.4 Å². The first kappa shape index (κ1) is 20.5. The summed E-state index contributed by atoms with van der Waals surface area (Å²) < 4.78 is 5.01. The second kappa shape index (κ2) is 10.4. The molecule has 1 fully saturated rings. The lowest BCUT2D eigenvalue weighted by atomic mass is 10.0. The molecule has 0 amide bonds. The normalized spacial score (nSPS) is 16.4. The molecule has 0 aliphatic carbocycles. The van der Waals surface area contributed by atoms with E-state index in [1.807, 2.05) is 24.0 Å². The van der Waals surface area contributed by atoms with Crippen LogP contribution in [0.2, 0.25) is 0 Å². The number of esters is 2. The molecule has 1 aliphatic rings. The van der Waals surface area contributed by atoms with Crippen LogP contribution in [0.3, 0.4) is 0 Å². The summed E-state index contributed by atoms with van der Waals surface area (Å²) in [5.41, 5.74) is 2.11. The third kappa shape index (κ3) is 5.88. The minimum absolute atomic E-state index is 0.0302. The van der Waals surface area contributed by atoms with Crippen molar-refractivity contribution in [3.8, 4) is 5.75 Å². The van der Waals surface area contributed by atoms with E-state index in [-0.39, 0.29) is 18.2 Å². The highest BCUT2D eigenvalue weighted by atomic mass is 31.0. The van der Waals surface area contributed by atoms with Crippen LogP contribution in [0.4, 0.5) is 0 Å². The number of hydrogen-bond acceptors (Lipinski definition) is 5. The first-order valence-corrected chi connectivity index (χ1v) is 10.8. The minimum atomic E-state index is -0.550. The van der Waals surface area contributed by atoms with Gasteiger partial charge in [-0.3, -0.25) is 4.79 Å². The first-order valence-electron chi connectivity index (χ1n) is 9.81. The molecule has 3 rings (SSSR count). The van der Waals surface area contributed by atoms with Gasteiger partial charge in [0.1, 0.15) is 11.8 Å². The van der Waals surface area contributed by atoms with E-state index < -0.39 is 11.9 Å². The van der Waals surface area contributed by atoms with E-state index in [0.717, 1.165) is 51.3 Å². The fourth-order valence-corrected chi connectivity index (χ4v) is 4.46. The van der Waals surface area contributed by atoms with E-state index in [4.69, 9.17) is 4.74 Å². The van der Waals surface area contributed by atoms with Gasteiger partial charge in [-0.1, -0.05) is 38.5 Å². The van der Waals surface area contributed by atoms with Gasteiger partial charge >= 0.3 is 11.9 Å². The number of ether oxygens (including phenoxy) is 1. The van der Waals surface area contributed by atoms with Gasteiger partial charge < -0.3 is 15.2 Å². The predicted octanol–water partition coefficient (Wildman–Crippen LogP) is 3.90. The largest absolute Gasteiger partial charge is 0.508 e. The van der Waals surface area contributed by atoms with Gasteiger partial charge in [-0.25, -0.2) is 4.79 Å². The lowest BCUT2D eigenvalue weighted by Crippen LogP contribution is -2.34. The van der Waals surface area contributed by atoms with Gasteiger partial charge in [-0.15, -0.1) is 0 Å². The monoisotopic (exact) mass is 399 g/mol. The molecule has 2 N–H and O–H groups in total. The van der Waals surface area contributed by atoms with Crippen molar-refractivity contribution in [3.63, 3.8) is 0 Å². The molecule has 28 heavy (non-hydrogen) atoms. The molecule has 2 aromatic rings. The van der Waals surface area contributed by atoms with Crippen LogP contribution >= 0.6 is 8.19 Å². The van der Waals surface area contributed by atoms with Crippen LogP contribution in [0.15, 0.2) is 42.2 Å². The number of rotatable bonds is 8. The Balaban J connectivity index is 1.53. The zero-order valence-corrected chi connectivity index (χ0v) is 16.8. The van der Waals surface area contributed by atoms with Crippen molar-refractivity contribution < 1.29 is 19.4 Å². The minimum Gasteiger partial charge on any atom is -0.508 e. The Morgan fingerprint density at radius 3 is 2.68 bits per heavy atom. The van der Waals surface area contributed by atoms with Gasteiger partial charge in [-0.2, -0.15) is 0 Å². The zero-order valence-electron chi connectivity index (χ0n) is 15.9. The molecular formula is C22H26NO4P. The topological polar surface area (TPSA) is 75.6 Å². The van der Waals surface area contributed by atoms with Crippen molar-refractivity contribution in [2.75, 3.05) is 6.54 Å². The number of carbonyl (C=O) groups is 2. The maximum atomic E-state index is 12.2. The standard InChI is InChI=1S/C22H26NO4P/c24-19-12-14-28-20(15-21(25)27-22(26)18-11-6-13-23-18)17(19)10-5-4-9-16-7-2-1-3-8-16/h1-3,7-8,12,14,18,23-24H,4-6,9-11,13,15H2/t18-/m0/s1. The van der Waals surface area contributed by atoms with Crippen molar-refractivity contribution in [2.24, 2.45) is 0 Å². The summed E-state index contributed by atoms with van der Waals surface area (Å²) in [5.74, 6) is 0.978. The Kier molecular flexibility index (Phi) is 7.58. The van der Waals surface area contributed by atoms with Crippen LogP contribution in [-0.2, 0) is 33.6 Å². The van der Waals surface area contributed by atoms with Crippen LogP contribution in [-0.4, -0.2) is 29.6 Å². The third-order valence-electron chi connectivity index (χ3n) is 4.98. The quantitative estimate of drug-likeness (QED) is 0.400. The maximum Gasteiger partial charge on any atom is 0.330 e. The number of aromatic hydroxyl groups is 1. The highest BCUT2D eigenvalue weighted by Crippen LogP contribution is 2.30. The molecule has 0 spiro atoms. The Morgan fingerprint density at radius 2 is 1.93 bits per heavy atom. The van der Waals surface area contributed by atoms with Crippen LogP contribution in [0.25, 0.3) is 0 Å². The average Bonchev–Trinajstić information content (AvgIpc) is 3.23. The highest BCUT2D eigenvalue weighted by molar-refractivity contribution is 7.30. The van der Waals surface area contributed by atoms with Gasteiger partial charge in [-0.05, 0) is 67.8 Å². The van der Waals surface area contributed by atoms with Gasteiger partial charge in [0, 0.05) is 5.56 Å². The van der Waals surface area contributed by atoms with E-state index >= 15 is 0 Å². The fourth-order valence-electron chi connectivity index (χ4n) is 3.47. The molecule has 0 bridgehead atoms. The zero-order chi connectivity index (χ0) is 19.8.